The van der Waals surface area contributed by atoms with Gasteiger partial charge >= 0.3 is 18.0 Å². The Balaban J connectivity index is 1.14. The molecule has 2 aromatic heterocycles. The Morgan fingerprint density at radius 3 is 2.63 bits per heavy atom. The van der Waals surface area contributed by atoms with Crippen molar-refractivity contribution >= 4 is 56.4 Å². The molecule has 1 amide bonds. The predicted molar refractivity (Wildman–Crippen MR) is 212 cm³/mol. The van der Waals surface area contributed by atoms with Gasteiger partial charge in [0.2, 0.25) is 10.7 Å². The molecule has 14 nitrogen and oxygen atoms in total. The highest BCUT2D eigenvalue weighted by molar-refractivity contribution is 14.1. The standard InChI is InChI=1S/C38H45BIN7O7/c1-2-38(54-33(48)9-5-3-6-14-42-44-41)30-20-32-34-28(22-47(32)35(49)29(30)23-52-36(38)50)27(21-39-40)26-19-25(10-11-31(26)43-34)53-37(51)46-17-12-24(13-18-46)45-15-7-4-8-16-45/h10-11,19-20,24,39H,2-9,12-18,21-23H2,1H3/t38-/m0/s1. The van der Waals surface area contributed by atoms with Crippen LogP contribution in [0.25, 0.3) is 32.7 Å². The molecule has 0 spiro atoms. The van der Waals surface area contributed by atoms with E-state index in [1.807, 2.05) is 12.1 Å². The molecule has 4 aliphatic rings. The fourth-order valence-corrected chi connectivity index (χ4v) is 9.06. The summed E-state index contributed by atoms with van der Waals surface area (Å²) in [6, 6.07) is 7.79. The van der Waals surface area contributed by atoms with Crippen molar-refractivity contribution in [1.29, 1.82) is 0 Å². The van der Waals surface area contributed by atoms with Crippen LogP contribution < -0.4 is 10.3 Å². The minimum atomic E-state index is -1.77. The number of pyridine rings is 2. The van der Waals surface area contributed by atoms with Crippen molar-refractivity contribution in [3.8, 4) is 17.1 Å². The third-order valence-corrected chi connectivity index (χ3v) is 12.0. The van der Waals surface area contributed by atoms with Crippen LogP contribution in [0.5, 0.6) is 5.75 Å². The highest BCUT2D eigenvalue weighted by Crippen LogP contribution is 2.42. The molecule has 1 aromatic carbocycles. The number of amides is 1. The number of likely N-dealkylation sites (tertiary alicyclic amines) is 2. The van der Waals surface area contributed by atoms with Crippen molar-refractivity contribution in [3.05, 3.63) is 67.3 Å². The number of aromatic nitrogens is 2. The van der Waals surface area contributed by atoms with Crippen LogP contribution in [0.3, 0.4) is 0 Å². The van der Waals surface area contributed by atoms with Crippen molar-refractivity contribution in [2.75, 3.05) is 32.7 Å². The lowest BCUT2D eigenvalue weighted by molar-refractivity contribution is -0.189. The first-order chi connectivity index (χ1) is 26.3. The van der Waals surface area contributed by atoms with Gasteiger partial charge in [0.05, 0.1) is 29.0 Å². The monoisotopic (exact) mass is 849 g/mol. The van der Waals surface area contributed by atoms with Crippen molar-refractivity contribution in [1.82, 2.24) is 19.4 Å². The van der Waals surface area contributed by atoms with Gasteiger partial charge in [-0.15, -0.1) is 0 Å². The lowest BCUT2D eigenvalue weighted by atomic mass is 9.85. The molecule has 0 N–H and O–H groups in total. The molecule has 7 rings (SSSR count). The lowest BCUT2D eigenvalue weighted by Crippen LogP contribution is -2.48. The van der Waals surface area contributed by atoms with E-state index >= 15 is 0 Å². The summed E-state index contributed by atoms with van der Waals surface area (Å²) in [5, 5.41) is 5.19. The Labute approximate surface area is 327 Å². The van der Waals surface area contributed by atoms with E-state index in [-0.39, 0.29) is 43.2 Å². The SMILES string of the molecule is CC[C@@]1(OC(=O)CCCCCN=[N+]=[N-])C(=O)OCc2c1cc1n(c2=O)Cc2c-1nc1ccc(OC(=O)N3CCC(N4CCCCC4)CC3)cc1c2CBI. The first-order valence-electron chi connectivity index (χ1n) is 19.2. The first kappa shape index (κ1) is 38.1. The van der Waals surface area contributed by atoms with E-state index < -0.39 is 17.5 Å². The number of nitrogens with zero attached hydrogens (tertiary/aromatic N) is 7. The molecule has 0 bridgehead atoms. The highest BCUT2D eigenvalue weighted by Gasteiger charge is 2.50. The van der Waals surface area contributed by atoms with E-state index in [1.165, 1.54) is 19.3 Å². The zero-order chi connectivity index (χ0) is 37.8. The largest absolute Gasteiger partial charge is 0.457 e. The van der Waals surface area contributed by atoms with Gasteiger partial charge in [0, 0.05) is 53.5 Å². The van der Waals surface area contributed by atoms with Gasteiger partial charge in [0.25, 0.3) is 5.56 Å². The van der Waals surface area contributed by atoms with Gasteiger partial charge in [-0.3, -0.25) is 9.59 Å². The fourth-order valence-electron chi connectivity index (χ4n) is 8.52. The number of hydrogen-bond donors (Lipinski definition) is 0. The number of esters is 2. The van der Waals surface area contributed by atoms with Crippen LogP contribution in [0, 0.1) is 0 Å². The van der Waals surface area contributed by atoms with Crippen LogP contribution in [0.4, 0.5) is 4.79 Å². The van der Waals surface area contributed by atoms with Crippen LogP contribution in [0.1, 0.15) is 93.4 Å². The summed E-state index contributed by atoms with van der Waals surface area (Å²) in [7, 11) is 0. The third-order valence-electron chi connectivity index (χ3n) is 11.4. The summed E-state index contributed by atoms with van der Waals surface area (Å²) in [6.45, 7) is 5.79. The molecule has 0 radical (unpaired) electrons. The van der Waals surface area contributed by atoms with E-state index in [9.17, 15) is 19.2 Å². The average Bonchev–Trinajstić information content (AvgIpc) is 3.56. The zero-order valence-corrected chi connectivity index (χ0v) is 32.8. The molecule has 0 aliphatic carbocycles. The van der Waals surface area contributed by atoms with Crippen LogP contribution in [0.2, 0.25) is 0 Å². The van der Waals surface area contributed by atoms with Crippen molar-refractivity contribution in [3.63, 3.8) is 0 Å². The number of azide groups is 1. The van der Waals surface area contributed by atoms with E-state index in [4.69, 9.17) is 24.7 Å². The van der Waals surface area contributed by atoms with Gasteiger partial charge in [-0.1, -0.05) is 24.9 Å². The Morgan fingerprint density at radius 1 is 1.09 bits per heavy atom. The van der Waals surface area contributed by atoms with Crippen LogP contribution >= 0.6 is 22.4 Å². The highest BCUT2D eigenvalue weighted by atomic mass is 127. The minimum Gasteiger partial charge on any atom is -0.457 e. The number of fused-ring (bicyclic) bond motifs is 5. The summed E-state index contributed by atoms with van der Waals surface area (Å²) < 4.78 is 19.1. The normalized spacial score (nSPS) is 19.7. The summed E-state index contributed by atoms with van der Waals surface area (Å²) in [5.41, 5.74) is 10.8. The molecular formula is C38H45BIN7O7. The molecule has 0 saturated carbocycles. The zero-order valence-electron chi connectivity index (χ0n) is 30.7. The molecule has 4 aliphatic heterocycles. The van der Waals surface area contributed by atoms with Crippen LogP contribution in [-0.2, 0) is 44.1 Å². The average molecular weight is 850 g/mol. The molecule has 6 heterocycles. The van der Waals surface area contributed by atoms with Crippen LogP contribution in [-0.4, -0.2) is 81.3 Å². The Kier molecular flexibility index (Phi) is 11.8. The fraction of sp³-hybridized carbons (Fsp3) is 0.553. The maximum Gasteiger partial charge on any atom is 0.415 e. The molecule has 0 unspecified atom stereocenters. The number of unbranched alkanes of at least 4 members (excludes halogenated alkanes) is 2. The first-order valence-corrected chi connectivity index (χ1v) is 20.7. The summed E-state index contributed by atoms with van der Waals surface area (Å²) >= 11 is 2.34. The number of piperidine rings is 2. The topological polar surface area (TPSA) is 169 Å². The quantitative estimate of drug-likeness (QED) is 0.0305. The number of rotatable bonds is 12. The van der Waals surface area contributed by atoms with Crippen molar-refractivity contribution in [2.24, 2.45) is 5.11 Å². The second kappa shape index (κ2) is 16.7. The van der Waals surface area contributed by atoms with Gasteiger partial charge in [-0.2, -0.15) is 22.4 Å². The maximum absolute atomic E-state index is 14.2. The number of carbonyl (C=O) groups excluding carboxylic acids is 3. The molecule has 54 heavy (non-hydrogen) atoms. The van der Waals surface area contributed by atoms with Crippen LogP contribution in [0.15, 0.2) is 34.2 Å². The number of cyclic esters (lactones) is 1. The number of carbonyl (C=O) groups is 3. The van der Waals surface area contributed by atoms with Gasteiger partial charge in [0.15, 0.2) is 0 Å². The van der Waals surface area contributed by atoms with Gasteiger partial charge in [0.1, 0.15) is 12.4 Å². The molecule has 284 valence electrons. The number of hydrogen-bond acceptors (Lipinski definition) is 10. The second-order valence-electron chi connectivity index (χ2n) is 14.5. The molecule has 3 aromatic rings. The van der Waals surface area contributed by atoms with E-state index in [0.717, 1.165) is 47.6 Å². The second-order valence-corrected chi connectivity index (χ2v) is 15.6. The Morgan fingerprint density at radius 2 is 1.89 bits per heavy atom. The number of halogens is 1. The third kappa shape index (κ3) is 7.44. The van der Waals surface area contributed by atoms with E-state index in [1.54, 1.807) is 28.5 Å². The van der Waals surface area contributed by atoms with Gasteiger partial charge in [-0.05, 0) is 99.7 Å². The minimum absolute atomic E-state index is 0.0646. The number of benzene rings is 1. The summed E-state index contributed by atoms with van der Waals surface area (Å²) in [5.74, 6) is -0.827. The van der Waals surface area contributed by atoms with Crippen molar-refractivity contribution < 1.29 is 28.6 Å². The van der Waals surface area contributed by atoms with Crippen molar-refractivity contribution in [2.45, 2.75) is 102 Å². The molecule has 1 atom stereocenters. The summed E-state index contributed by atoms with van der Waals surface area (Å²) in [6.07, 6.45) is 8.01. The molecule has 2 fully saturated rings. The predicted octanol–water partition coefficient (Wildman–Crippen LogP) is 6.24. The summed E-state index contributed by atoms with van der Waals surface area (Å²) in [4.78, 5) is 66.2. The lowest BCUT2D eigenvalue weighted by Gasteiger charge is -2.39. The molecule has 2 saturated heterocycles. The Bertz CT molecular complexity index is 2060. The Hall–Kier alpha value is -4.15. The van der Waals surface area contributed by atoms with Gasteiger partial charge < -0.3 is 28.6 Å². The smallest absolute Gasteiger partial charge is 0.415 e. The molecule has 16 heteroatoms. The van der Waals surface area contributed by atoms with E-state index in [2.05, 4.69) is 37.3 Å². The maximum atomic E-state index is 14.2. The molecular weight excluding hydrogens is 804 g/mol. The number of ether oxygens (including phenoxy) is 3. The van der Waals surface area contributed by atoms with Gasteiger partial charge in [-0.25, -0.2) is 14.6 Å². The van der Waals surface area contributed by atoms with E-state index in [0.29, 0.717) is 79.5 Å².